The first-order valence-corrected chi connectivity index (χ1v) is 7.88. The molecule has 0 unspecified atom stereocenters. The van der Waals surface area contributed by atoms with Crippen molar-refractivity contribution in [1.82, 2.24) is 9.80 Å². The van der Waals surface area contributed by atoms with Crippen LogP contribution in [0.3, 0.4) is 0 Å². The van der Waals surface area contributed by atoms with Crippen LogP contribution in [0.2, 0.25) is 0 Å². The van der Waals surface area contributed by atoms with Crippen LogP contribution in [-0.2, 0) is 9.53 Å². The highest BCUT2D eigenvalue weighted by molar-refractivity contribution is 5.79. The van der Waals surface area contributed by atoms with E-state index in [1.165, 1.54) is 17.3 Å². The lowest BCUT2D eigenvalue weighted by Gasteiger charge is -2.38. The number of hydrogen-bond donors (Lipinski definition) is 0. The van der Waals surface area contributed by atoms with Gasteiger partial charge in [-0.05, 0) is 6.92 Å². The van der Waals surface area contributed by atoms with E-state index >= 15 is 0 Å². The molecule has 0 aromatic carbocycles. The summed E-state index contributed by atoms with van der Waals surface area (Å²) in [5.74, 6) is -40.2. The van der Waals surface area contributed by atoms with E-state index in [9.17, 15) is 57.5 Å². The van der Waals surface area contributed by atoms with Gasteiger partial charge in [0.1, 0.15) is 6.61 Å². The maximum Gasteiger partial charge on any atom is 0.410 e. The van der Waals surface area contributed by atoms with E-state index in [1.807, 2.05) is 0 Å². The molecule has 1 aliphatic rings. The molecule has 0 aromatic heterocycles. The summed E-state index contributed by atoms with van der Waals surface area (Å²) in [4.78, 5) is 14.1. The van der Waals surface area contributed by atoms with Crippen molar-refractivity contribution in [1.29, 1.82) is 0 Å². The van der Waals surface area contributed by atoms with Crippen molar-refractivity contribution < 1.29 is 62.2 Å². The Kier molecular flexibility index (Phi) is 7.15. The van der Waals surface area contributed by atoms with Crippen molar-refractivity contribution in [2.45, 2.75) is 43.0 Å². The molecule has 16 heteroatoms. The molecule has 0 saturated heterocycles. The van der Waals surface area contributed by atoms with Crippen molar-refractivity contribution in [3.63, 3.8) is 0 Å². The Morgan fingerprint density at radius 2 is 1.40 bits per heavy atom. The minimum absolute atomic E-state index is 0.160. The number of esters is 1. The van der Waals surface area contributed by atoms with Gasteiger partial charge in [-0.15, -0.1) is 0 Å². The number of rotatable bonds is 10. The van der Waals surface area contributed by atoms with Gasteiger partial charge in [-0.1, -0.05) is 0 Å². The van der Waals surface area contributed by atoms with Crippen LogP contribution >= 0.6 is 0 Å². The third-order valence-electron chi connectivity index (χ3n) is 4.00. The molecular weight excluding hydrogens is 456 g/mol. The minimum atomic E-state index is -7.76. The van der Waals surface area contributed by atoms with E-state index in [-0.39, 0.29) is 6.67 Å². The lowest BCUT2D eigenvalue weighted by molar-refractivity contribution is -0.408. The molecule has 0 atom stereocenters. The quantitative estimate of drug-likeness (QED) is 0.357. The molecule has 4 nitrogen and oxygen atoms in total. The summed E-state index contributed by atoms with van der Waals surface area (Å²) >= 11 is 0. The van der Waals surface area contributed by atoms with Gasteiger partial charge in [0.05, 0.1) is 13.2 Å². The highest BCUT2D eigenvalue weighted by Gasteiger charge is 2.89. The van der Waals surface area contributed by atoms with Gasteiger partial charge in [0, 0.05) is 18.9 Å². The maximum atomic E-state index is 13.5. The van der Waals surface area contributed by atoms with Crippen molar-refractivity contribution in [2.75, 3.05) is 26.4 Å². The number of hydrogen-bond acceptors (Lipinski definition) is 4. The fourth-order valence-electron chi connectivity index (χ4n) is 2.08. The fraction of sp³-hybridized carbons (Fsp3) is 0.786. The first-order valence-electron chi connectivity index (χ1n) is 7.88. The highest BCUT2D eigenvalue weighted by atomic mass is 19.4. The van der Waals surface area contributed by atoms with Crippen LogP contribution in [0.15, 0.2) is 12.4 Å². The minimum Gasteiger partial charge on any atom is -0.459 e. The van der Waals surface area contributed by atoms with Crippen LogP contribution in [0.5, 0.6) is 0 Å². The van der Waals surface area contributed by atoms with Gasteiger partial charge in [0.2, 0.25) is 0 Å². The molecule has 0 radical (unpaired) electrons. The number of ether oxygens (including phenoxy) is 1. The number of halogens is 12. The molecule has 0 saturated carbocycles. The summed E-state index contributed by atoms with van der Waals surface area (Å²) in [5.41, 5.74) is 0. The van der Waals surface area contributed by atoms with Crippen LogP contribution in [0.1, 0.15) is 6.92 Å². The SMILES string of the molecule is CCN1C=CN(CCOC(=O)C(F)(F)C(F)(F)C(F)(F)C(F)(F)C(F)(F)C(F)F)C1. The second-order valence-corrected chi connectivity index (χ2v) is 6.01. The second kappa shape index (κ2) is 8.24. The molecule has 0 aromatic rings. The second-order valence-electron chi connectivity index (χ2n) is 6.01. The van der Waals surface area contributed by atoms with E-state index in [1.54, 1.807) is 11.8 Å². The highest BCUT2D eigenvalue weighted by Crippen LogP contribution is 2.58. The van der Waals surface area contributed by atoms with Gasteiger partial charge >= 0.3 is 42.0 Å². The Balaban J connectivity index is 2.96. The van der Waals surface area contributed by atoms with Gasteiger partial charge in [0.15, 0.2) is 0 Å². The first-order chi connectivity index (χ1) is 13.4. The standard InChI is InChI=1S/C14H14F12N2O2/c1-2-27-3-4-28(7-27)5-6-30-9(29)11(19,20)13(23,24)14(25,26)12(21,22)10(17,18)8(15)16/h3-4,8H,2,5-7H2,1H3. The molecule has 1 heterocycles. The summed E-state index contributed by atoms with van der Waals surface area (Å²) in [7, 11) is 0. The zero-order valence-electron chi connectivity index (χ0n) is 14.8. The Morgan fingerprint density at radius 1 is 0.900 bits per heavy atom. The molecule has 0 aliphatic carbocycles. The van der Waals surface area contributed by atoms with Crippen LogP contribution in [0.25, 0.3) is 0 Å². The van der Waals surface area contributed by atoms with E-state index < -0.39 is 55.2 Å². The van der Waals surface area contributed by atoms with Gasteiger partial charge in [-0.25, -0.2) is 13.6 Å². The van der Waals surface area contributed by atoms with Crippen molar-refractivity contribution in [2.24, 2.45) is 0 Å². The number of nitrogens with zero attached hydrogens (tertiary/aromatic N) is 2. The van der Waals surface area contributed by atoms with Crippen molar-refractivity contribution in [3.05, 3.63) is 12.4 Å². The molecule has 0 spiro atoms. The van der Waals surface area contributed by atoms with E-state index in [4.69, 9.17) is 0 Å². The molecule has 176 valence electrons. The first kappa shape index (κ1) is 26.0. The predicted octanol–water partition coefficient (Wildman–Crippen LogP) is 4.04. The van der Waals surface area contributed by atoms with Gasteiger partial charge < -0.3 is 14.5 Å². The van der Waals surface area contributed by atoms with Crippen molar-refractivity contribution >= 4 is 5.97 Å². The molecule has 0 N–H and O–H groups in total. The average Bonchev–Trinajstić information content (AvgIpc) is 3.08. The Labute approximate surface area is 161 Å². The Morgan fingerprint density at radius 3 is 1.83 bits per heavy atom. The molecule has 1 aliphatic heterocycles. The van der Waals surface area contributed by atoms with Crippen LogP contribution in [0, 0.1) is 0 Å². The normalized spacial score (nSPS) is 16.6. The summed E-state index contributed by atoms with van der Waals surface area (Å²) in [6.07, 6.45) is -2.73. The molecule has 0 amide bonds. The van der Waals surface area contributed by atoms with Crippen LogP contribution < -0.4 is 0 Å². The average molecular weight is 470 g/mol. The van der Waals surface area contributed by atoms with E-state index in [0.29, 0.717) is 6.54 Å². The number of carbonyl (C=O) groups excluding carboxylic acids is 1. The molecule has 0 fully saturated rings. The summed E-state index contributed by atoms with van der Waals surface area (Å²) in [5, 5.41) is 0. The molecule has 30 heavy (non-hydrogen) atoms. The molecule has 1 rings (SSSR count). The fourth-order valence-corrected chi connectivity index (χ4v) is 2.08. The van der Waals surface area contributed by atoms with Crippen LogP contribution in [-0.4, -0.2) is 78.2 Å². The van der Waals surface area contributed by atoms with Gasteiger partial charge in [-0.2, -0.15) is 43.9 Å². The zero-order chi connectivity index (χ0) is 23.8. The monoisotopic (exact) mass is 470 g/mol. The zero-order valence-corrected chi connectivity index (χ0v) is 14.8. The maximum absolute atomic E-state index is 13.5. The summed E-state index contributed by atoms with van der Waals surface area (Å²) in [6.45, 7) is 0.888. The smallest absolute Gasteiger partial charge is 0.410 e. The predicted molar refractivity (Wildman–Crippen MR) is 74.8 cm³/mol. The number of alkyl halides is 12. The number of carbonyl (C=O) groups is 1. The Hall–Kier alpha value is -2.03. The largest absolute Gasteiger partial charge is 0.459 e. The topological polar surface area (TPSA) is 32.8 Å². The van der Waals surface area contributed by atoms with Crippen molar-refractivity contribution in [3.8, 4) is 0 Å². The molecule has 0 bridgehead atoms. The third-order valence-corrected chi connectivity index (χ3v) is 4.00. The summed E-state index contributed by atoms with van der Waals surface area (Å²) in [6, 6.07) is 0. The van der Waals surface area contributed by atoms with Gasteiger partial charge in [-0.3, -0.25) is 0 Å². The van der Waals surface area contributed by atoms with E-state index in [0.717, 1.165) is 0 Å². The van der Waals surface area contributed by atoms with Crippen LogP contribution in [0.4, 0.5) is 52.7 Å². The summed E-state index contributed by atoms with van der Waals surface area (Å²) < 4.78 is 160. The Bertz CT molecular complexity index is 653. The lowest BCUT2D eigenvalue weighted by Crippen LogP contribution is -2.70. The van der Waals surface area contributed by atoms with Gasteiger partial charge in [0.25, 0.3) is 0 Å². The molecular formula is C14H14F12N2O2. The lowest BCUT2D eigenvalue weighted by atomic mass is 9.94. The third kappa shape index (κ3) is 4.08. The van der Waals surface area contributed by atoms with E-state index in [2.05, 4.69) is 4.74 Å².